The van der Waals surface area contributed by atoms with Gasteiger partial charge in [-0.3, -0.25) is 14.4 Å². The summed E-state index contributed by atoms with van der Waals surface area (Å²) in [5.74, 6) is -2.96. The van der Waals surface area contributed by atoms with Gasteiger partial charge in [-0.25, -0.2) is 4.79 Å². The summed E-state index contributed by atoms with van der Waals surface area (Å²) in [6.07, 6.45) is -4.69. The molecule has 7 nitrogen and oxygen atoms in total. The molecule has 0 aromatic heterocycles. The van der Waals surface area contributed by atoms with Gasteiger partial charge in [0.1, 0.15) is 11.8 Å². The number of hydrogen-bond acceptors (Lipinski definition) is 7. The third kappa shape index (κ3) is 7.22. The summed E-state index contributed by atoms with van der Waals surface area (Å²) in [6.45, 7) is 3.78. The number of ether oxygens (including phenoxy) is 2. The SMILES string of the molecule is CCOC(=O)C(CSC(=O)c1ccc(C(F)(F)F)cc1OC(C)=O)NC(C)=O. The summed E-state index contributed by atoms with van der Waals surface area (Å²) in [5.41, 5.74) is -1.37. The standard InChI is InChI=1S/C17H18F3NO6S/c1-4-26-15(24)13(21-9(2)22)8-28-16(25)12-6-5-11(17(18,19)20)7-14(12)27-10(3)23/h5-7,13H,4,8H2,1-3H3,(H,21,22). The van der Waals surface area contributed by atoms with E-state index in [9.17, 15) is 32.3 Å². The van der Waals surface area contributed by atoms with Crippen LogP contribution >= 0.6 is 11.8 Å². The van der Waals surface area contributed by atoms with Gasteiger partial charge in [-0.15, -0.1) is 0 Å². The maximum absolute atomic E-state index is 12.9. The highest BCUT2D eigenvalue weighted by Crippen LogP contribution is 2.34. The molecule has 1 atom stereocenters. The molecular formula is C17H18F3NO6S. The first-order valence-electron chi connectivity index (χ1n) is 7.96. The van der Waals surface area contributed by atoms with Gasteiger partial charge in [0.15, 0.2) is 0 Å². The molecular weight excluding hydrogens is 403 g/mol. The number of carbonyl (C=O) groups excluding carboxylic acids is 4. The van der Waals surface area contributed by atoms with E-state index in [0.717, 1.165) is 13.0 Å². The number of benzene rings is 1. The molecule has 1 rings (SSSR count). The summed E-state index contributed by atoms with van der Waals surface area (Å²) in [4.78, 5) is 46.6. The second kappa shape index (κ2) is 10.1. The monoisotopic (exact) mass is 421 g/mol. The molecule has 0 aliphatic rings. The van der Waals surface area contributed by atoms with Gasteiger partial charge in [-0.05, 0) is 25.1 Å². The molecule has 0 aliphatic heterocycles. The third-order valence-corrected chi connectivity index (χ3v) is 4.09. The van der Waals surface area contributed by atoms with Crippen molar-refractivity contribution in [1.82, 2.24) is 5.32 Å². The second-order valence-corrected chi connectivity index (χ2v) is 6.40. The molecule has 154 valence electrons. The molecule has 0 fully saturated rings. The zero-order valence-corrected chi connectivity index (χ0v) is 16.0. The van der Waals surface area contributed by atoms with Crippen molar-refractivity contribution in [1.29, 1.82) is 0 Å². The number of amides is 1. The highest BCUT2D eigenvalue weighted by Gasteiger charge is 2.32. The second-order valence-electron chi connectivity index (χ2n) is 5.41. The molecule has 0 radical (unpaired) electrons. The first-order chi connectivity index (χ1) is 13.0. The first-order valence-corrected chi connectivity index (χ1v) is 8.94. The lowest BCUT2D eigenvalue weighted by Crippen LogP contribution is -2.42. The van der Waals surface area contributed by atoms with E-state index in [1.807, 2.05) is 0 Å². The lowest BCUT2D eigenvalue weighted by atomic mass is 10.1. The fourth-order valence-corrected chi connectivity index (χ4v) is 2.86. The van der Waals surface area contributed by atoms with Gasteiger partial charge < -0.3 is 14.8 Å². The number of nitrogens with one attached hydrogen (secondary N) is 1. The Bertz CT molecular complexity index is 766. The molecule has 0 aliphatic carbocycles. The quantitative estimate of drug-likeness (QED) is 0.534. The summed E-state index contributed by atoms with van der Waals surface area (Å²) < 4.78 is 48.1. The molecule has 1 aromatic rings. The van der Waals surface area contributed by atoms with Gasteiger partial charge in [0.25, 0.3) is 0 Å². The van der Waals surface area contributed by atoms with Crippen LogP contribution in [0.15, 0.2) is 18.2 Å². The largest absolute Gasteiger partial charge is 0.464 e. The van der Waals surface area contributed by atoms with E-state index in [0.29, 0.717) is 23.9 Å². The van der Waals surface area contributed by atoms with Crippen LogP contribution in [-0.4, -0.2) is 41.4 Å². The molecule has 0 saturated heterocycles. The Morgan fingerprint density at radius 2 is 1.82 bits per heavy atom. The van der Waals surface area contributed by atoms with E-state index in [1.54, 1.807) is 6.92 Å². The van der Waals surface area contributed by atoms with Crippen molar-refractivity contribution in [3.8, 4) is 5.75 Å². The number of thioether (sulfide) groups is 1. The molecule has 1 unspecified atom stereocenters. The van der Waals surface area contributed by atoms with Gasteiger partial charge in [0.05, 0.1) is 17.7 Å². The Kier molecular flexibility index (Phi) is 8.48. The summed E-state index contributed by atoms with van der Waals surface area (Å²) >= 11 is 0.561. The molecule has 1 amide bonds. The van der Waals surface area contributed by atoms with E-state index in [1.165, 1.54) is 6.92 Å². The van der Waals surface area contributed by atoms with Crippen LogP contribution in [0.1, 0.15) is 36.7 Å². The van der Waals surface area contributed by atoms with Crippen LogP contribution in [0.4, 0.5) is 13.2 Å². The maximum Gasteiger partial charge on any atom is 0.416 e. The maximum atomic E-state index is 12.9. The smallest absolute Gasteiger partial charge is 0.416 e. The number of hydrogen-bond donors (Lipinski definition) is 1. The summed E-state index contributed by atoms with van der Waals surface area (Å²) in [5, 5.41) is 1.58. The number of rotatable bonds is 7. The van der Waals surface area contributed by atoms with Crippen LogP contribution in [0.5, 0.6) is 5.75 Å². The highest BCUT2D eigenvalue weighted by molar-refractivity contribution is 8.14. The number of carbonyl (C=O) groups is 4. The van der Waals surface area contributed by atoms with E-state index in [4.69, 9.17) is 9.47 Å². The fourth-order valence-electron chi connectivity index (χ4n) is 2.00. The molecule has 0 spiro atoms. The van der Waals surface area contributed by atoms with Gasteiger partial charge in [0, 0.05) is 19.6 Å². The average molecular weight is 421 g/mol. The number of halogens is 3. The average Bonchev–Trinajstić information content (AvgIpc) is 2.56. The van der Waals surface area contributed by atoms with Crippen molar-refractivity contribution in [3.05, 3.63) is 29.3 Å². The Morgan fingerprint density at radius 3 is 2.32 bits per heavy atom. The molecule has 0 bridgehead atoms. The Labute approximate surface area is 162 Å². The van der Waals surface area contributed by atoms with Gasteiger partial charge in [-0.1, -0.05) is 11.8 Å². The van der Waals surface area contributed by atoms with E-state index < -0.39 is 46.5 Å². The van der Waals surface area contributed by atoms with Crippen molar-refractivity contribution in [2.24, 2.45) is 0 Å². The topological polar surface area (TPSA) is 98.8 Å². The summed E-state index contributed by atoms with van der Waals surface area (Å²) in [7, 11) is 0. The molecule has 1 N–H and O–H groups in total. The Hall–Kier alpha value is -2.56. The van der Waals surface area contributed by atoms with Crippen LogP contribution in [0.3, 0.4) is 0 Å². The minimum atomic E-state index is -4.69. The predicted octanol–water partition coefficient (Wildman–Crippen LogP) is 2.57. The number of esters is 2. The van der Waals surface area contributed by atoms with Crippen molar-refractivity contribution in [2.45, 2.75) is 33.0 Å². The predicted molar refractivity (Wildman–Crippen MR) is 93.8 cm³/mol. The normalized spacial score (nSPS) is 12.1. The Morgan fingerprint density at radius 1 is 1.18 bits per heavy atom. The van der Waals surface area contributed by atoms with E-state index >= 15 is 0 Å². The zero-order chi connectivity index (χ0) is 21.5. The molecule has 1 aromatic carbocycles. The van der Waals surface area contributed by atoms with Crippen LogP contribution < -0.4 is 10.1 Å². The van der Waals surface area contributed by atoms with Crippen LogP contribution in [-0.2, 0) is 25.3 Å². The van der Waals surface area contributed by atoms with Crippen molar-refractivity contribution >= 4 is 34.7 Å². The van der Waals surface area contributed by atoms with E-state index in [2.05, 4.69) is 5.32 Å². The van der Waals surface area contributed by atoms with Crippen LogP contribution in [0.2, 0.25) is 0 Å². The molecule has 28 heavy (non-hydrogen) atoms. The van der Waals surface area contributed by atoms with Crippen LogP contribution in [0, 0.1) is 0 Å². The van der Waals surface area contributed by atoms with Gasteiger partial charge >= 0.3 is 18.1 Å². The lowest BCUT2D eigenvalue weighted by molar-refractivity contribution is -0.146. The van der Waals surface area contributed by atoms with Crippen molar-refractivity contribution in [3.63, 3.8) is 0 Å². The van der Waals surface area contributed by atoms with Crippen molar-refractivity contribution in [2.75, 3.05) is 12.4 Å². The number of alkyl halides is 3. The molecule has 11 heteroatoms. The highest BCUT2D eigenvalue weighted by atomic mass is 32.2. The summed E-state index contributed by atoms with van der Waals surface area (Å²) in [6, 6.07) is 0.982. The lowest BCUT2D eigenvalue weighted by Gasteiger charge is -2.16. The molecule has 0 saturated carbocycles. The van der Waals surface area contributed by atoms with Gasteiger partial charge in [-0.2, -0.15) is 13.2 Å². The fraction of sp³-hybridized carbons (Fsp3) is 0.412. The molecule has 0 heterocycles. The van der Waals surface area contributed by atoms with E-state index in [-0.39, 0.29) is 17.9 Å². The van der Waals surface area contributed by atoms with Crippen LogP contribution in [0.25, 0.3) is 0 Å². The van der Waals surface area contributed by atoms with Crippen molar-refractivity contribution < 1.29 is 41.8 Å². The Balaban J connectivity index is 3.04. The first kappa shape index (κ1) is 23.5. The zero-order valence-electron chi connectivity index (χ0n) is 15.2. The minimum absolute atomic E-state index is 0.0586. The third-order valence-electron chi connectivity index (χ3n) is 3.11. The minimum Gasteiger partial charge on any atom is -0.464 e. The van der Waals surface area contributed by atoms with Gasteiger partial charge in [0.2, 0.25) is 11.0 Å².